The Balaban J connectivity index is 1.55. The van der Waals surface area contributed by atoms with Gasteiger partial charge in [0.05, 0.1) is 0 Å². The zero-order chi connectivity index (χ0) is 18.6. The van der Waals surface area contributed by atoms with Gasteiger partial charge in [0.1, 0.15) is 5.75 Å². The van der Waals surface area contributed by atoms with Crippen LogP contribution in [-0.4, -0.2) is 15.2 Å². The Hall–Kier alpha value is -0.973. The second-order valence-corrected chi connectivity index (χ2v) is 11.8. The SMILES string of the molecule is CCC[Si@H]1CC[C@H]([C@@H]2CCCC(c3ccc(OC(F)(F)F)cc3)C2)CC1. The molecule has 0 radical (unpaired) electrons. The lowest BCUT2D eigenvalue weighted by atomic mass is 9.71. The largest absolute Gasteiger partial charge is 0.573 e. The van der Waals surface area contributed by atoms with Gasteiger partial charge in [-0.2, -0.15) is 0 Å². The molecule has 146 valence electrons. The monoisotopic (exact) mass is 384 g/mol. The summed E-state index contributed by atoms with van der Waals surface area (Å²) in [6, 6.07) is 11.2. The molecule has 0 bridgehead atoms. The van der Waals surface area contributed by atoms with Crippen LogP contribution >= 0.6 is 0 Å². The van der Waals surface area contributed by atoms with E-state index < -0.39 is 15.2 Å². The Bertz CT molecular complexity index is 549. The first-order valence-corrected chi connectivity index (χ1v) is 12.7. The second-order valence-electron chi connectivity index (χ2n) is 8.31. The molecule has 26 heavy (non-hydrogen) atoms. The highest BCUT2D eigenvalue weighted by molar-refractivity contribution is 6.58. The third-order valence-electron chi connectivity index (χ3n) is 6.55. The van der Waals surface area contributed by atoms with Crippen LogP contribution in [0.1, 0.15) is 63.4 Å². The minimum Gasteiger partial charge on any atom is -0.406 e. The van der Waals surface area contributed by atoms with Crippen LogP contribution in [0.3, 0.4) is 0 Å². The predicted molar refractivity (Wildman–Crippen MR) is 102 cm³/mol. The Morgan fingerprint density at radius 1 is 1.00 bits per heavy atom. The van der Waals surface area contributed by atoms with Gasteiger partial charge >= 0.3 is 6.36 Å². The van der Waals surface area contributed by atoms with E-state index in [4.69, 9.17) is 0 Å². The van der Waals surface area contributed by atoms with Gasteiger partial charge in [-0.05, 0) is 48.3 Å². The summed E-state index contributed by atoms with van der Waals surface area (Å²) in [5.74, 6) is 2.09. The van der Waals surface area contributed by atoms with Crippen LogP contribution in [0.5, 0.6) is 5.75 Å². The van der Waals surface area contributed by atoms with Crippen molar-refractivity contribution in [2.45, 2.75) is 82.3 Å². The third-order valence-corrected chi connectivity index (χ3v) is 10.2. The fraction of sp³-hybridized carbons (Fsp3) is 0.714. The summed E-state index contributed by atoms with van der Waals surface area (Å²) in [6.07, 6.45) is 4.59. The van der Waals surface area contributed by atoms with Gasteiger partial charge in [0.2, 0.25) is 0 Å². The summed E-state index contributed by atoms with van der Waals surface area (Å²) >= 11 is 0. The highest BCUT2D eigenvalue weighted by Gasteiger charge is 2.33. The molecule has 1 aromatic rings. The van der Waals surface area contributed by atoms with Crippen molar-refractivity contribution in [2.75, 3.05) is 0 Å². The zero-order valence-corrected chi connectivity index (χ0v) is 16.9. The first-order valence-electron chi connectivity index (χ1n) is 10.3. The van der Waals surface area contributed by atoms with Crippen molar-refractivity contribution in [3.05, 3.63) is 29.8 Å². The van der Waals surface area contributed by atoms with Crippen LogP contribution in [0.25, 0.3) is 0 Å². The molecule has 1 aliphatic carbocycles. The molecule has 0 spiro atoms. The molecular formula is C21H31F3OSi. The predicted octanol–water partition coefficient (Wildman–Crippen LogP) is 6.91. The maximum atomic E-state index is 12.3. The molecule has 1 heterocycles. The van der Waals surface area contributed by atoms with Gasteiger partial charge in [-0.3, -0.25) is 0 Å². The summed E-state index contributed by atoms with van der Waals surface area (Å²) in [7, 11) is -0.424. The molecule has 1 aliphatic heterocycles. The van der Waals surface area contributed by atoms with Crippen LogP contribution in [-0.2, 0) is 0 Å². The minimum atomic E-state index is -4.61. The molecule has 3 rings (SSSR count). The van der Waals surface area contributed by atoms with E-state index in [-0.39, 0.29) is 5.75 Å². The third kappa shape index (κ3) is 5.51. The van der Waals surface area contributed by atoms with E-state index in [2.05, 4.69) is 11.7 Å². The molecule has 5 heteroatoms. The van der Waals surface area contributed by atoms with E-state index in [1.165, 1.54) is 74.4 Å². The summed E-state index contributed by atoms with van der Waals surface area (Å²) in [6.45, 7) is 2.32. The molecule has 2 atom stereocenters. The fourth-order valence-electron chi connectivity index (χ4n) is 5.26. The molecule has 1 aromatic carbocycles. The topological polar surface area (TPSA) is 9.23 Å². The van der Waals surface area contributed by atoms with Crippen molar-refractivity contribution in [1.82, 2.24) is 0 Å². The average Bonchev–Trinajstić information content (AvgIpc) is 2.62. The molecule has 0 aromatic heterocycles. The number of hydrogen-bond donors (Lipinski definition) is 0. The minimum absolute atomic E-state index is 0.118. The van der Waals surface area contributed by atoms with Gasteiger partial charge in [0, 0.05) is 8.80 Å². The molecule has 1 saturated heterocycles. The molecule has 1 nitrogen and oxygen atoms in total. The normalized spacial score (nSPS) is 30.2. The Morgan fingerprint density at radius 2 is 1.69 bits per heavy atom. The first kappa shape index (κ1) is 19.8. The maximum absolute atomic E-state index is 12.3. The molecule has 1 saturated carbocycles. The van der Waals surface area contributed by atoms with Crippen LogP contribution in [0.2, 0.25) is 18.1 Å². The van der Waals surface area contributed by atoms with Gasteiger partial charge < -0.3 is 4.74 Å². The number of halogens is 3. The van der Waals surface area contributed by atoms with Gasteiger partial charge in [-0.25, -0.2) is 0 Å². The van der Waals surface area contributed by atoms with Crippen LogP contribution in [0, 0.1) is 11.8 Å². The molecular weight excluding hydrogens is 353 g/mol. The first-order chi connectivity index (χ1) is 12.4. The van der Waals surface area contributed by atoms with Crippen molar-refractivity contribution in [2.24, 2.45) is 11.8 Å². The molecule has 2 aliphatic rings. The van der Waals surface area contributed by atoms with E-state index in [1.54, 1.807) is 0 Å². The smallest absolute Gasteiger partial charge is 0.406 e. The van der Waals surface area contributed by atoms with Crippen LogP contribution < -0.4 is 4.74 Å². The number of hydrogen-bond acceptors (Lipinski definition) is 1. The lowest BCUT2D eigenvalue weighted by molar-refractivity contribution is -0.274. The standard InChI is InChI=1S/C21H31F3OSi/c1-2-12-26-13-10-17(11-14-26)19-5-3-4-18(15-19)16-6-8-20(9-7-16)25-21(22,23)24/h6-9,17-19,26H,2-5,10-15H2,1H3/t17-,18?,19-,26-/m1/s1. The van der Waals surface area contributed by atoms with E-state index in [0.29, 0.717) is 5.92 Å². The van der Waals surface area contributed by atoms with Gasteiger partial charge in [0.15, 0.2) is 0 Å². The fourth-order valence-corrected chi connectivity index (χ4v) is 8.74. The summed E-state index contributed by atoms with van der Waals surface area (Å²) in [5.41, 5.74) is 1.18. The zero-order valence-electron chi connectivity index (χ0n) is 15.7. The van der Waals surface area contributed by atoms with Crippen molar-refractivity contribution >= 4 is 8.80 Å². The van der Waals surface area contributed by atoms with E-state index in [0.717, 1.165) is 18.3 Å². The van der Waals surface area contributed by atoms with E-state index in [1.807, 2.05) is 12.1 Å². The van der Waals surface area contributed by atoms with Crippen molar-refractivity contribution < 1.29 is 17.9 Å². The second kappa shape index (κ2) is 8.81. The lowest BCUT2D eigenvalue weighted by Gasteiger charge is -2.38. The summed E-state index contributed by atoms with van der Waals surface area (Å²) in [4.78, 5) is 0. The molecule has 2 fully saturated rings. The quantitative estimate of drug-likeness (QED) is 0.501. The Morgan fingerprint density at radius 3 is 2.31 bits per heavy atom. The van der Waals surface area contributed by atoms with Crippen LogP contribution in [0.15, 0.2) is 24.3 Å². The maximum Gasteiger partial charge on any atom is 0.573 e. The van der Waals surface area contributed by atoms with Gasteiger partial charge in [-0.1, -0.05) is 69.3 Å². The van der Waals surface area contributed by atoms with Crippen LogP contribution in [0.4, 0.5) is 13.2 Å². The number of ether oxygens (including phenoxy) is 1. The van der Waals surface area contributed by atoms with Gasteiger partial charge in [0.25, 0.3) is 0 Å². The number of benzene rings is 1. The number of rotatable bonds is 5. The highest BCUT2D eigenvalue weighted by Crippen LogP contribution is 2.44. The molecule has 0 amide bonds. The highest BCUT2D eigenvalue weighted by atomic mass is 28.3. The lowest BCUT2D eigenvalue weighted by Crippen LogP contribution is -2.28. The average molecular weight is 385 g/mol. The van der Waals surface area contributed by atoms with E-state index >= 15 is 0 Å². The Labute approximate surface area is 156 Å². The number of alkyl halides is 3. The van der Waals surface area contributed by atoms with Crippen molar-refractivity contribution in [1.29, 1.82) is 0 Å². The summed E-state index contributed by atoms with van der Waals surface area (Å²) < 4.78 is 40.9. The summed E-state index contributed by atoms with van der Waals surface area (Å²) in [5, 5.41) is 0. The van der Waals surface area contributed by atoms with Crippen molar-refractivity contribution in [3.63, 3.8) is 0 Å². The molecule has 0 N–H and O–H groups in total. The Kier molecular flexibility index (Phi) is 6.70. The van der Waals surface area contributed by atoms with Gasteiger partial charge in [-0.15, -0.1) is 13.2 Å². The molecule has 1 unspecified atom stereocenters. The van der Waals surface area contributed by atoms with Crippen molar-refractivity contribution in [3.8, 4) is 5.75 Å². The van der Waals surface area contributed by atoms with E-state index in [9.17, 15) is 13.2 Å².